The summed E-state index contributed by atoms with van der Waals surface area (Å²) in [6.45, 7) is 0.474. The molecule has 0 spiro atoms. The summed E-state index contributed by atoms with van der Waals surface area (Å²) in [5.41, 5.74) is 1.62. The van der Waals surface area contributed by atoms with E-state index in [1.54, 1.807) is 12.4 Å². The zero-order chi connectivity index (χ0) is 13.1. The highest BCUT2D eigenvalue weighted by Crippen LogP contribution is 2.15. The van der Waals surface area contributed by atoms with Crippen molar-refractivity contribution in [3.63, 3.8) is 0 Å². The van der Waals surface area contributed by atoms with Crippen LogP contribution in [0.25, 0.3) is 10.8 Å². The molecule has 0 fully saturated rings. The highest BCUT2D eigenvalue weighted by molar-refractivity contribution is 5.98. The minimum atomic E-state index is -0.0769. The van der Waals surface area contributed by atoms with Gasteiger partial charge in [0.1, 0.15) is 0 Å². The maximum Gasteiger partial charge on any atom is 0.251 e. The zero-order valence-electron chi connectivity index (χ0n) is 10.3. The van der Waals surface area contributed by atoms with Crippen molar-refractivity contribution in [1.82, 2.24) is 15.5 Å². The van der Waals surface area contributed by atoms with Gasteiger partial charge in [-0.25, -0.2) is 0 Å². The molecule has 2 N–H and O–H groups in total. The zero-order valence-corrected chi connectivity index (χ0v) is 10.3. The second-order valence-electron chi connectivity index (χ2n) is 4.35. The first-order valence-electron chi connectivity index (χ1n) is 6.07. The number of rotatable bonds is 3. The number of benzene rings is 2. The molecule has 3 rings (SSSR count). The summed E-state index contributed by atoms with van der Waals surface area (Å²) >= 11 is 0. The number of hydrogen-bond acceptors (Lipinski definition) is 2. The standard InChI is InChI=1S/C15H13N3O/c19-15(16-8-11-9-17-18-10-11)14-6-5-12-3-1-2-4-13(12)7-14/h1-7,9-10H,8H2,(H,16,19)(H,17,18). The molecule has 0 aliphatic carbocycles. The van der Waals surface area contributed by atoms with Gasteiger partial charge in [0.2, 0.25) is 0 Å². The molecule has 0 saturated carbocycles. The molecule has 1 aromatic heterocycles. The lowest BCUT2D eigenvalue weighted by Gasteiger charge is -2.05. The van der Waals surface area contributed by atoms with E-state index in [0.717, 1.165) is 16.3 Å². The van der Waals surface area contributed by atoms with E-state index in [4.69, 9.17) is 0 Å². The lowest BCUT2D eigenvalue weighted by molar-refractivity contribution is 0.0951. The fourth-order valence-corrected chi connectivity index (χ4v) is 1.99. The lowest BCUT2D eigenvalue weighted by Crippen LogP contribution is -2.22. The molecule has 0 aliphatic rings. The van der Waals surface area contributed by atoms with Gasteiger partial charge in [-0.1, -0.05) is 30.3 Å². The van der Waals surface area contributed by atoms with Gasteiger partial charge in [-0.3, -0.25) is 9.89 Å². The third kappa shape index (κ3) is 2.47. The Labute approximate surface area is 110 Å². The van der Waals surface area contributed by atoms with Crippen LogP contribution in [0, 0.1) is 0 Å². The Balaban J connectivity index is 1.77. The van der Waals surface area contributed by atoms with Crippen molar-refractivity contribution in [2.45, 2.75) is 6.54 Å². The Bertz CT molecular complexity index is 704. The van der Waals surface area contributed by atoms with Crippen LogP contribution in [0.1, 0.15) is 15.9 Å². The molecule has 1 amide bonds. The van der Waals surface area contributed by atoms with E-state index >= 15 is 0 Å². The molecule has 0 bridgehead atoms. The lowest BCUT2D eigenvalue weighted by atomic mass is 10.1. The number of carbonyl (C=O) groups excluding carboxylic acids is 1. The molecule has 0 radical (unpaired) electrons. The molecule has 1 heterocycles. The van der Waals surface area contributed by atoms with Gasteiger partial charge in [-0.15, -0.1) is 0 Å². The number of H-pyrrole nitrogens is 1. The van der Waals surface area contributed by atoms with E-state index in [0.29, 0.717) is 12.1 Å². The molecule has 3 aromatic rings. The monoisotopic (exact) mass is 251 g/mol. The van der Waals surface area contributed by atoms with Crippen LogP contribution in [0.15, 0.2) is 54.9 Å². The highest BCUT2D eigenvalue weighted by atomic mass is 16.1. The molecule has 0 unspecified atom stereocenters. The van der Waals surface area contributed by atoms with Gasteiger partial charge in [-0.2, -0.15) is 5.10 Å². The Morgan fingerprint density at radius 1 is 1.16 bits per heavy atom. The summed E-state index contributed by atoms with van der Waals surface area (Å²) in [6, 6.07) is 13.7. The Morgan fingerprint density at radius 3 is 2.79 bits per heavy atom. The van der Waals surface area contributed by atoms with Crippen LogP contribution in [-0.2, 0) is 6.54 Å². The largest absolute Gasteiger partial charge is 0.348 e. The van der Waals surface area contributed by atoms with E-state index < -0.39 is 0 Å². The summed E-state index contributed by atoms with van der Waals surface area (Å²) in [4.78, 5) is 12.0. The van der Waals surface area contributed by atoms with Crippen LogP contribution in [0.5, 0.6) is 0 Å². The van der Waals surface area contributed by atoms with Crippen molar-refractivity contribution in [3.8, 4) is 0 Å². The SMILES string of the molecule is O=C(NCc1cn[nH]c1)c1ccc2ccccc2c1. The topological polar surface area (TPSA) is 57.8 Å². The maximum absolute atomic E-state index is 12.0. The fourth-order valence-electron chi connectivity index (χ4n) is 1.99. The van der Waals surface area contributed by atoms with Gasteiger partial charge in [0.15, 0.2) is 0 Å². The summed E-state index contributed by atoms with van der Waals surface area (Å²) in [5, 5.41) is 11.6. The summed E-state index contributed by atoms with van der Waals surface area (Å²) in [7, 11) is 0. The number of aromatic amines is 1. The Hall–Kier alpha value is -2.62. The number of amides is 1. The molecule has 0 aliphatic heterocycles. The highest BCUT2D eigenvalue weighted by Gasteiger charge is 2.06. The fraction of sp³-hybridized carbons (Fsp3) is 0.0667. The van der Waals surface area contributed by atoms with Gasteiger partial charge in [0.05, 0.1) is 6.20 Å². The average Bonchev–Trinajstić information content (AvgIpc) is 2.97. The van der Waals surface area contributed by atoms with Crippen molar-refractivity contribution in [1.29, 1.82) is 0 Å². The molecule has 94 valence electrons. The number of nitrogens with one attached hydrogen (secondary N) is 2. The quantitative estimate of drug-likeness (QED) is 0.751. The van der Waals surface area contributed by atoms with Crippen molar-refractivity contribution in [2.75, 3.05) is 0 Å². The molecule has 2 aromatic carbocycles. The molecule has 19 heavy (non-hydrogen) atoms. The predicted molar refractivity (Wildman–Crippen MR) is 73.7 cm³/mol. The van der Waals surface area contributed by atoms with Crippen LogP contribution < -0.4 is 5.32 Å². The average molecular weight is 251 g/mol. The van der Waals surface area contributed by atoms with Crippen molar-refractivity contribution in [3.05, 3.63) is 66.0 Å². The minimum Gasteiger partial charge on any atom is -0.348 e. The van der Waals surface area contributed by atoms with Gasteiger partial charge < -0.3 is 5.32 Å². The third-order valence-corrected chi connectivity index (χ3v) is 3.02. The minimum absolute atomic E-state index is 0.0769. The van der Waals surface area contributed by atoms with E-state index in [9.17, 15) is 4.79 Å². The predicted octanol–water partition coefficient (Wildman–Crippen LogP) is 2.49. The van der Waals surface area contributed by atoms with E-state index in [-0.39, 0.29) is 5.91 Å². The Morgan fingerprint density at radius 2 is 2.00 bits per heavy atom. The van der Waals surface area contributed by atoms with Crippen LogP contribution in [-0.4, -0.2) is 16.1 Å². The Kier molecular flexibility index (Phi) is 2.98. The molecular weight excluding hydrogens is 238 g/mol. The smallest absolute Gasteiger partial charge is 0.251 e. The summed E-state index contributed by atoms with van der Waals surface area (Å²) in [5.74, 6) is -0.0769. The second-order valence-corrected chi connectivity index (χ2v) is 4.35. The molecular formula is C15H13N3O. The number of carbonyl (C=O) groups is 1. The number of hydrogen-bond donors (Lipinski definition) is 2. The first kappa shape index (κ1) is 11.5. The van der Waals surface area contributed by atoms with Gasteiger partial charge >= 0.3 is 0 Å². The van der Waals surface area contributed by atoms with Crippen molar-refractivity contribution in [2.24, 2.45) is 0 Å². The van der Waals surface area contributed by atoms with Crippen LogP contribution in [0.3, 0.4) is 0 Å². The van der Waals surface area contributed by atoms with Gasteiger partial charge in [0.25, 0.3) is 5.91 Å². The molecule has 4 heteroatoms. The normalized spacial score (nSPS) is 10.5. The van der Waals surface area contributed by atoms with E-state index in [1.165, 1.54) is 0 Å². The van der Waals surface area contributed by atoms with Crippen LogP contribution in [0.4, 0.5) is 0 Å². The van der Waals surface area contributed by atoms with Crippen LogP contribution >= 0.6 is 0 Å². The first-order chi connectivity index (χ1) is 9.33. The first-order valence-corrected chi connectivity index (χ1v) is 6.07. The van der Waals surface area contributed by atoms with E-state index in [2.05, 4.69) is 15.5 Å². The molecule has 0 atom stereocenters. The number of nitrogens with zero attached hydrogens (tertiary/aromatic N) is 1. The molecule has 4 nitrogen and oxygen atoms in total. The van der Waals surface area contributed by atoms with Crippen molar-refractivity contribution < 1.29 is 4.79 Å². The third-order valence-electron chi connectivity index (χ3n) is 3.02. The van der Waals surface area contributed by atoms with E-state index in [1.807, 2.05) is 42.5 Å². The number of fused-ring (bicyclic) bond motifs is 1. The van der Waals surface area contributed by atoms with Crippen molar-refractivity contribution >= 4 is 16.7 Å². The van der Waals surface area contributed by atoms with Gasteiger partial charge in [0, 0.05) is 23.9 Å². The second kappa shape index (κ2) is 4.94. The molecule has 0 saturated heterocycles. The van der Waals surface area contributed by atoms with Gasteiger partial charge in [-0.05, 0) is 22.9 Å². The van der Waals surface area contributed by atoms with Crippen LogP contribution in [0.2, 0.25) is 0 Å². The maximum atomic E-state index is 12.0. The number of aromatic nitrogens is 2. The summed E-state index contributed by atoms with van der Waals surface area (Å²) < 4.78 is 0. The summed E-state index contributed by atoms with van der Waals surface area (Å²) in [6.07, 6.45) is 3.46.